The Balaban J connectivity index is 1.24. The topological polar surface area (TPSA) is 16.1 Å². The molecule has 0 radical (unpaired) electrons. The average Bonchev–Trinajstić information content (AvgIpc) is 3.51. The zero-order valence-corrected chi connectivity index (χ0v) is 25.8. The molecule has 7 aromatic carbocycles. The lowest BCUT2D eigenvalue weighted by molar-refractivity contribution is 1.30. The van der Waals surface area contributed by atoms with Crippen molar-refractivity contribution in [3.8, 4) is 22.4 Å². The fourth-order valence-corrected chi connectivity index (χ4v) is 7.75. The van der Waals surface area contributed by atoms with Crippen LogP contribution in [0.5, 0.6) is 0 Å². The number of rotatable bonds is 5. The van der Waals surface area contributed by atoms with Crippen LogP contribution >= 0.6 is 11.3 Å². The summed E-state index contributed by atoms with van der Waals surface area (Å²) in [4.78, 5) is 7.61. The number of pyridine rings is 1. The summed E-state index contributed by atoms with van der Waals surface area (Å²) in [5.74, 6) is 0. The van der Waals surface area contributed by atoms with Crippen LogP contribution in [-0.4, -0.2) is 4.98 Å². The SMILES string of the molecule is c1ccc(-c2cc3ccccc3nc2-c2ccc(N(c3ccc4ccccc4c3)c3cccc4sc5ccccc5c34)cc2)cc1. The molecule has 46 heavy (non-hydrogen) atoms. The van der Waals surface area contributed by atoms with E-state index in [1.54, 1.807) is 0 Å². The third kappa shape index (κ3) is 4.52. The van der Waals surface area contributed by atoms with E-state index in [1.165, 1.54) is 36.6 Å². The van der Waals surface area contributed by atoms with Gasteiger partial charge >= 0.3 is 0 Å². The normalized spacial score (nSPS) is 11.5. The van der Waals surface area contributed by atoms with Gasteiger partial charge in [-0.1, -0.05) is 115 Å². The zero-order chi connectivity index (χ0) is 30.5. The third-order valence-electron chi connectivity index (χ3n) is 8.82. The van der Waals surface area contributed by atoms with E-state index < -0.39 is 0 Å². The molecule has 0 unspecified atom stereocenters. The Labute approximate surface area is 271 Å². The summed E-state index contributed by atoms with van der Waals surface area (Å²) in [6.07, 6.45) is 0. The van der Waals surface area contributed by atoms with Crippen molar-refractivity contribution < 1.29 is 0 Å². The quantitative estimate of drug-likeness (QED) is 0.194. The van der Waals surface area contributed by atoms with Crippen molar-refractivity contribution in [1.82, 2.24) is 4.98 Å². The molecule has 0 spiro atoms. The molecule has 216 valence electrons. The van der Waals surface area contributed by atoms with Gasteiger partial charge in [-0.3, -0.25) is 0 Å². The molecule has 0 aliphatic rings. The Bertz CT molecular complexity index is 2530. The minimum Gasteiger partial charge on any atom is -0.310 e. The van der Waals surface area contributed by atoms with Crippen molar-refractivity contribution in [3.63, 3.8) is 0 Å². The van der Waals surface area contributed by atoms with Gasteiger partial charge < -0.3 is 4.90 Å². The van der Waals surface area contributed by atoms with Gasteiger partial charge in [0.05, 0.1) is 16.9 Å². The molecule has 0 atom stereocenters. The van der Waals surface area contributed by atoms with Crippen LogP contribution in [0.25, 0.3) is 64.2 Å². The summed E-state index contributed by atoms with van der Waals surface area (Å²) in [5.41, 5.74) is 8.76. The lowest BCUT2D eigenvalue weighted by Gasteiger charge is -2.27. The van der Waals surface area contributed by atoms with Crippen molar-refractivity contribution >= 4 is 70.2 Å². The average molecular weight is 605 g/mol. The third-order valence-corrected chi connectivity index (χ3v) is 9.96. The van der Waals surface area contributed by atoms with E-state index in [0.29, 0.717) is 0 Å². The molecule has 0 aliphatic carbocycles. The smallest absolute Gasteiger partial charge is 0.0788 e. The second-order valence-electron chi connectivity index (χ2n) is 11.6. The van der Waals surface area contributed by atoms with Crippen LogP contribution in [0.1, 0.15) is 0 Å². The van der Waals surface area contributed by atoms with Crippen molar-refractivity contribution in [1.29, 1.82) is 0 Å². The Morgan fingerprint density at radius 3 is 2.02 bits per heavy atom. The minimum absolute atomic E-state index is 0.986. The lowest BCUT2D eigenvalue weighted by Crippen LogP contribution is -2.10. The number of benzene rings is 7. The van der Waals surface area contributed by atoms with Crippen molar-refractivity contribution in [2.45, 2.75) is 0 Å². The zero-order valence-electron chi connectivity index (χ0n) is 25.0. The first-order valence-electron chi connectivity index (χ1n) is 15.5. The van der Waals surface area contributed by atoms with Crippen molar-refractivity contribution in [3.05, 3.63) is 170 Å². The lowest BCUT2D eigenvalue weighted by atomic mass is 9.97. The molecule has 0 fully saturated rings. The molecule has 0 N–H and O–H groups in total. The first kappa shape index (κ1) is 26.6. The van der Waals surface area contributed by atoms with Crippen LogP contribution in [0.3, 0.4) is 0 Å². The van der Waals surface area contributed by atoms with E-state index in [4.69, 9.17) is 4.98 Å². The highest BCUT2D eigenvalue weighted by Gasteiger charge is 2.19. The second-order valence-corrected chi connectivity index (χ2v) is 12.7. The van der Waals surface area contributed by atoms with E-state index in [1.807, 2.05) is 11.3 Å². The summed E-state index contributed by atoms with van der Waals surface area (Å²) in [7, 11) is 0. The fraction of sp³-hybridized carbons (Fsp3) is 0. The molecule has 2 heterocycles. The first-order chi connectivity index (χ1) is 22.8. The highest BCUT2D eigenvalue weighted by molar-refractivity contribution is 7.26. The summed E-state index contributed by atoms with van der Waals surface area (Å²) in [6.45, 7) is 0. The number of thiophene rings is 1. The van der Waals surface area contributed by atoms with E-state index in [2.05, 4.69) is 175 Å². The summed E-state index contributed by atoms with van der Waals surface area (Å²) < 4.78 is 2.59. The maximum atomic E-state index is 5.20. The minimum atomic E-state index is 0.986. The van der Waals surface area contributed by atoms with Crippen LogP contribution in [0, 0.1) is 0 Å². The molecule has 0 aliphatic heterocycles. The number of para-hydroxylation sites is 1. The van der Waals surface area contributed by atoms with Gasteiger partial charge in [-0.25, -0.2) is 4.98 Å². The molecule has 9 aromatic rings. The van der Waals surface area contributed by atoms with E-state index >= 15 is 0 Å². The van der Waals surface area contributed by atoms with Gasteiger partial charge in [-0.2, -0.15) is 0 Å². The van der Waals surface area contributed by atoms with E-state index in [-0.39, 0.29) is 0 Å². The number of hydrogen-bond acceptors (Lipinski definition) is 3. The Hall–Kier alpha value is -5.77. The number of anilines is 3. The van der Waals surface area contributed by atoms with E-state index in [0.717, 1.165) is 44.7 Å². The Kier molecular flexibility index (Phi) is 6.36. The van der Waals surface area contributed by atoms with Gasteiger partial charge in [-0.05, 0) is 70.9 Å². The largest absolute Gasteiger partial charge is 0.310 e. The predicted octanol–water partition coefficient (Wildman–Crippen LogP) is 12.6. The van der Waals surface area contributed by atoms with Crippen LogP contribution in [0.15, 0.2) is 170 Å². The van der Waals surface area contributed by atoms with Crippen LogP contribution < -0.4 is 4.90 Å². The van der Waals surface area contributed by atoms with Crippen LogP contribution in [-0.2, 0) is 0 Å². The molecular weight excluding hydrogens is 577 g/mol. The standard InChI is InChI=1S/C43H28N2S/c1-2-12-30(13-3-1)37-28-33-15-6-8-17-38(33)44-43(37)31-22-24-34(25-23-31)45(35-26-21-29-11-4-5-14-32(29)27-35)39-18-10-20-41-42(39)36-16-7-9-19-40(36)46-41/h1-28H. The Morgan fingerprint density at radius 2 is 1.15 bits per heavy atom. The molecule has 0 amide bonds. The maximum absolute atomic E-state index is 5.20. The number of fused-ring (bicyclic) bond motifs is 5. The second kappa shape index (κ2) is 11.0. The molecule has 2 aromatic heterocycles. The fourth-order valence-electron chi connectivity index (χ4n) is 6.63. The molecule has 0 saturated heterocycles. The van der Waals surface area contributed by atoms with Crippen LogP contribution in [0.2, 0.25) is 0 Å². The molecule has 0 bridgehead atoms. The van der Waals surface area contributed by atoms with Gasteiger partial charge in [0.2, 0.25) is 0 Å². The molecule has 9 rings (SSSR count). The van der Waals surface area contributed by atoms with Crippen molar-refractivity contribution in [2.24, 2.45) is 0 Å². The van der Waals surface area contributed by atoms with Gasteiger partial charge in [0.15, 0.2) is 0 Å². The summed E-state index contributed by atoms with van der Waals surface area (Å²) >= 11 is 1.85. The number of hydrogen-bond donors (Lipinski definition) is 0. The highest BCUT2D eigenvalue weighted by atomic mass is 32.1. The molecule has 3 heteroatoms. The monoisotopic (exact) mass is 604 g/mol. The predicted molar refractivity (Wildman–Crippen MR) is 198 cm³/mol. The van der Waals surface area contributed by atoms with Crippen molar-refractivity contribution in [2.75, 3.05) is 4.90 Å². The number of nitrogens with zero attached hydrogens (tertiary/aromatic N) is 2. The van der Waals surface area contributed by atoms with Gasteiger partial charge in [0, 0.05) is 48.1 Å². The summed E-state index contributed by atoms with van der Waals surface area (Å²) in [5, 5.41) is 6.16. The first-order valence-corrected chi connectivity index (χ1v) is 16.4. The van der Waals surface area contributed by atoms with Crippen LogP contribution in [0.4, 0.5) is 17.1 Å². The van der Waals surface area contributed by atoms with Gasteiger partial charge in [0.25, 0.3) is 0 Å². The van der Waals surface area contributed by atoms with Gasteiger partial charge in [-0.15, -0.1) is 11.3 Å². The van der Waals surface area contributed by atoms with Gasteiger partial charge in [0.1, 0.15) is 0 Å². The summed E-state index contributed by atoms with van der Waals surface area (Å²) in [6, 6.07) is 60.9. The highest BCUT2D eigenvalue weighted by Crippen LogP contribution is 2.45. The maximum Gasteiger partial charge on any atom is 0.0788 e. The molecule has 2 nitrogen and oxygen atoms in total. The molecule has 0 saturated carbocycles. The number of aromatic nitrogens is 1. The Morgan fingerprint density at radius 1 is 0.457 bits per heavy atom. The molecular formula is C43H28N2S. The van der Waals surface area contributed by atoms with E-state index in [9.17, 15) is 0 Å².